The van der Waals surface area contributed by atoms with Crippen molar-refractivity contribution >= 4 is 45.1 Å². The smallest absolute Gasteiger partial charge is 0.332 e. The number of benzene rings is 3. The van der Waals surface area contributed by atoms with Crippen LogP contribution in [0.2, 0.25) is 5.02 Å². The van der Waals surface area contributed by atoms with Gasteiger partial charge in [0.05, 0.1) is 0 Å². The summed E-state index contributed by atoms with van der Waals surface area (Å²) in [4.78, 5) is 23.7. The number of ether oxygens (including phenoxy) is 1. The molecule has 0 saturated heterocycles. The number of anilines is 2. The van der Waals surface area contributed by atoms with Gasteiger partial charge >= 0.3 is 16.3 Å². The first-order chi connectivity index (χ1) is 15.7. The number of hydrogen-bond donors (Lipinski definition) is 3. The standard InChI is InChI=1S/C22H19ClFN3O5S/c23-16-5-2-8-19(11-16)32-14-21(28)25-13-15-4-1-6-17(10-15)26-22(29)27-18-7-3-9-20(12-18)33(24,30)31/h1-12H,13-14H2,(H,25,28)(H2,26,27,29). The maximum atomic E-state index is 13.1. The van der Waals surface area contributed by atoms with Gasteiger partial charge < -0.3 is 20.7 Å². The summed E-state index contributed by atoms with van der Waals surface area (Å²) < 4.78 is 40.5. The van der Waals surface area contributed by atoms with Gasteiger partial charge in [0, 0.05) is 22.9 Å². The quantitative estimate of drug-likeness (QED) is 0.406. The van der Waals surface area contributed by atoms with Crippen LogP contribution in [0.5, 0.6) is 5.75 Å². The minimum atomic E-state index is -4.88. The minimum Gasteiger partial charge on any atom is -0.484 e. The Labute approximate surface area is 194 Å². The molecule has 0 radical (unpaired) electrons. The molecule has 0 fully saturated rings. The topological polar surface area (TPSA) is 114 Å². The van der Waals surface area contributed by atoms with Gasteiger partial charge in [-0.25, -0.2) is 4.79 Å². The van der Waals surface area contributed by atoms with E-state index in [1.165, 1.54) is 12.1 Å². The SMILES string of the molecule is O=C(COc1cccc(Cl)c1)NCc1cccc(NC(=O)Nc2cccc(S(=O)(=O)F)c2)c1. The summed E-state index contributed by atoms with van der Waals surface area (Å²) in [5, 5.41) is 8.23. The highest BCUT2D eigenvalue weighted by Crippen LogP contribution is 2.19. The Morgan fingerprint density at radius 2 is 1.58 bits per heavy atom. The van der Waals surface area contributed by atoms with Crippen molar-refractivity contribution in [2.75, 3.05) is 17.2 Å². The van der Waals surface area contributed by atoms with Crippen molar-refractivity contribution in [2.45, 2.75) is 11.4 Å². The molecule has 0 aliphatic rings. The number of rotatable bonds is 8. The van der Waals surface area contributed by atoms with E-state index in [1.807, 2.05) is 0 Å². The number of hydrogen-bond acceptors (Lipinski definition) is 5. The van der Waals surface area contributed by atoms with Gasteiger partial charge in [-0.1, -0.05) is 35.9 Å². The summed E-state index contributed by atoms with van der Waals surface area (Å²) in [6.07, 6.45) is 0. The largest absolute Gasteiger partial charge is 0.484 e. The van der Waals surface area contributed by atoms with E-state index in [9.17, 15) is 21.9 Å². The third kappa shape index (κ3) is 7.78. The second kappa shape index (κ2) is 10.8. The molecule has 3 aromatic rings. The van der Waals surface area contributed by atoms with Gasteiger partial charge in [0.2, 0.25) is 0 Å². The molecule has 0 spiro atoms. The lowest BCUT2D eigenvalue weighted by Gasteiger charge is -2.11. The van der Waals surface area contributed by atoms with Crippen LogP contribution < -0.4 is 20.7 Å². The fourth-order valence-corrected chi connectivity index (χ4v) is 3.42. The lowest BCUT2D eigenvalue weighted by molar-refractivity contribution is -0.123. The second-order valence-corrected chi connectivity index (χ2v) is 8.55. The Kier molecular flexibility index (Phi) is 7.86. The van der Waals surface area contributed by atoms with Crippen LogP contribution in [-0.4, -0.2) is 27.0 Å². The van der Waals surface area contributed by atoms with Crippen molar-refractivity contribution in [1.82, 2.24) is 5.32 Å². The Hall–Kier alpha value is -3.63. The summed E-state index contributed by atoms with van der Waals surface area (Å²) in [5.74, 6) is 0.137. The molecule has 3 N–H and O–H groups in total. The van der Waals surface area contributed by atoms with Gasteiger partial charge in [-0.3, -0.25) is 4.79 Å². The van der Waals surface area contributed by atoms with Gasteiger partial charge in [0.15, 0.2) is 6.61 Å². The number of amides is 3. The summed E-state index contributed by atoms with van der Waals surface area (Å²) in [7, 11) is -4.88. The predicted molar refractivity (Wildman–Crippen MR) is 123 cm³/mol. The second-order valence-electron chi connectivity index (χ2n) is 6.77. The highest BCUT2D eigenvalue weighted by atomic mass is 35.5. The Balaban J connectivity index is 1.51. The molecule has 0 heterocycles. The van der Waals surface area contributed by atoms with E-state index in [0.29, 0.717) is 16.5 Å². The summed E-state index contributed by atoms with van der Waals surface area (Å²) >= 11 is 5.87. The zero-order valence-electron chi connectivity index (χ0n) is 17.0. The van der Waals surface area contributed by atoms with Crippen LogP contribution >= 0.6 is 11.6 Å². The van der Waals surface area contributed by atoms with E-state index in [2.05, 4.69) is 16.0 Å². The maximum Gasteiger partial charge on any atom is 0.332 e. The molecule has 0 aliphatic heterocycles. The summed E-state index contributed by atoms with van der Waals surface area (Å²) in [6, 6.07) is 17.6. The molecule has 0 aromatic heterocycles. The van der Waals surface area contributed by atoms with Crippen molar-refractivity contribution in [3.8, 4) is 5.75 Å². The number of halogens is 2. The molecule has 0 aliphatic carbocycles. The lowest BCUT2D eigenvalue weighted by Crippen LogP contribution is -2.28. The van der Waals surface area contributed by atoms with Crippen molar-refractivity contribution in [3.05, 3.63) is 83.4 Å². The normalized spacial score (nSPS) is 10.8. The molecule has 3 amide bonds. The van der Waals surface area contributed by atoms with Crippen molar-refractivity contribution in [1.29, 1.82) is 0 Å². The highest BCUT2D eigenvalue weighted by molar-refractivity contribution is 7.86. The Morgan fingerprint density at radius 1 is 0.909 bits per heavy atom. The van der Waals surface area contributed by atoms with Gasteiger partial charge in [0.25, 0.3) is 5.91 Å². The number of carbonyl (C=O) groups excluding carboxylic acids is 2. The Morgan fingerprint density at radius 3 is 2.27 bits per heavy atom. The molecule has 172 valence electrons. The van der Waals surface area contributed by atoms with Gasteiger partial charge in [-0.2, -0.15) is 8.42 Å². The molecule has 3 aromatic carbocycles. The zero-order valence-corrected chi connectivity index (χ0v) is 18.6. The summed E-state index contributed by atoms with van der Waals surface area (Å²) in [6.45, 7) is 0.0135. The molecule has 3 rings (SSSR count). The number of urea groups is 1. The molecule has 11 heteroatoms. The molecular weight excluding hydrogens is 473 g/mol. The molecule has 8 nitrogen and oxygen atoms in total. The van der Waals surface area contributed by atoms with Crippen LogP contribution in [0.3, 0.4) is 0 Å². The fourth-order valence-electron chi connectivity index (χ4n) is 2.74. The number of carbonyl (C=O) groups is 2. The first-order valence-corrected chi connectivity index (χ1v) is 11.3. The third-order valence-electron chi connectivity index (χ3n) is 4.21. The molecule has 0 unspecified atom stereocenters. The lowest BCUT2D eigenvalue weighted by atomic mass is 10.2. The molecular formula is C22H19ClFN3O5S. The average molecular weight is 492 g/mol. The predicted octanol–water partition coefficient (Wildman–Crippen LogP) is 4.34. The first-order valence-electron chi connectivity index (χ1n) is 9.56. The van der Waals surface area contributed by atoms with Crippen LogP contribution in [-0.2, 0) is 21.6 Å². The van der Waals surface area contributed by atoms with E-state index in [0.717, 1.165) is 17.7 Å². The van der Waals surface area contributed by atoms with E-state index in [1.54, 1.807) is 48.5 Å². The van der Waals surface area contributed by atoms with Gasteiger partial charge in [-0.15, -0.1) is 3.89 Å². The van der Waals surface area contributed by atoms with Gasteiger partial charge in [0.1, 0.15) is 10.6 Å². The summed E-state index contributed by atoms with van der Waals surface area (Å²) in [5.41, 5.74) is 1.26. The average Bonchev–Trinajstić information content (AvgIpc) is 2.76. The van der Waals surface area contributed by atoms with Crippen molar-refractivity contribution < 1.29 is 26.6 Å². The fraction of sp³-hybridized carbons (Fsp3) is 0.0909. The van der Waals surface area contributed by atoms with Crippen molar-refractivity contribution in [2.24, 2.45) is 0 Å². The van der Waals surface area contributed by atoms with Gasteiger partial charge in [-0.05, 0) is 54.1 Å². The van der Waals surface area contributed by atoms with E-state index < -0.39 is 21.1 Å². The molecule has 33 heavy (non-hydrogen) atoms. The number of nitrogens with one attached hydrogen (secondary N) is 3. The molecule has 0 atom stereocenters. The minimum absolute atomic E-state index is 0.106. The van der Waals surface area contributed by atoms with E-state index in [4.69, 9.17) is 16.3 Å². The van der Waals surface area contributed by atoms with Crippen LogP contribution in [0.25, 0.3) is 0 Å². The molecule has 0 bridgehead atoms. The van der Waals surface area contributed by atoms with Crippen LogP contribution in [0.1, 0.15) is 5.56 Å². The van der Waals surface area contributed by atoms with E-state index in [-0.39, 0.29) is 24.7 Å². The van der Waals surface area contributed by atoms with Crippen molar-refractivity contribution in [3.63, 3.8) is 0 Å². The highest BCUT2D eigenvalue weighted by Gasteiger charge is 2.13. The van der Waals surface area contributed by atoms with Crippen LogP contribution in [0.15, 0.2) is 77.7 Å². The van der Waals surface area contributed by atoms with E-state index >= 15 is 0 Å². The zero-order chi connectivity index (χ0) is 23.8. The monoisotopic (exact) mass is 491 g/mol. The third-order valence-corrected chi connectivity index (χ3v) is 5.27. The van der Waals surface area contributed by atoms with Crippen LogP contribution in [0.4, 0.5) is 20.1 Å². The Bertz CT molecular complexity index is 1270. The maximum absolute atomic E-state index is 13.1. The first kappa shape index (κ1) is 24.0. The molecule has 0 saturated carbocycles. The van der Waals surface area contributed by atoms with Crippen LogP contribution in [0, 0.1) is 0 Å².